The molecular formula is C43H62O12. The van der Waals surface area contributed by atoms with E-state index in [0.717, 1.165) is 89.9 Å². The van der Waals surface area contributed by atoms with Gasteiger partial charge in [0, 0.05) is 32.6 Å². The second-order valence-corrected chi connectivity index (χ2v) is 19.8. The van der Waals surface area contributed by atoms with Crippen molar-refractivity contribution in [1.82, 2.24) is 0 Å². The second-order valence-electron chi connectivity index (χ2n) is 19.8. The molecule has 12 aliphatic rings. The summed E-state index contributed by atoms with van der Waals surface area (Å²) >= 11 is 0. The van der Waals surface area contributed by atoms with Crippen molar-refractivity contribution in [3.63, 3.8) is 0 Å². The fraction of sp³-hybridized carbons (Fsp3) is 0.860. The van der Waals surface area contributed by atoms with Gasteiger partial charge in [0.15, 0.2) is 0 Å². The molecular weight excluding hydrogens is 708 g/mol. The summed E-state index contributed by atoms with van der Waals surface area (Å²) in [5.41, 5.74) is -1.30. The minimum atomic E-state index is -0.385. The molecule has 6 unspecified atom stereocenters. The van der Waals surface area contributed by atoms with Crippen molar-refractivity contribution >= 4 is 35.8 Å². The average molecular weight is 771 g/mol. The Kier molecular flexibility index (Phi) is 10.7. The summed E-state index contributed by atoms with van der Waals surface area (Å²) in [5, 5.41) is 0. The SMILES string of the molecule is COC(=O)C12CC3CC(C1)C(OC(C)=O)C(C3)C2.COC(=O)C12CC3CC(CC(COC(C)=O)(C3)C1)C2.COC(=O)C12CC3CC(CC(OC(C)=O)(C3)C1)C2. The minimum Gasteiger partial charge on any atom is -0.469 e. The third kappa shape index (κ3) is 7.53. The first-order chi connectivity index (χ1) is 26.0. The molecule has 12 bridgehead atoms. The van der Waals surface area contributed by atoms with Gasteiger partial charge in [0.2, 0.25) is 0 Å². The topological polar surface area (TPSA) is 158 Å². The number of ether oxygens (including phenoxy) is 6. The molecule has 0 aromatic heterocycles. The Morgan fingerprint density at radius 3 is 1.40 bits per heavy atom. The normalized spacial score (nSPS) is 44.2. The van der Waals surface area contributed by atoms with Crippen LogP contribution in [0.5, 0.6) is 0 Å². The summed E-state index contributed by atoms with van der Waals surface area (Å²) in [5.74, 6) is 2.75. The Bertz CT molecular complexity index is 1520. The maximum atomic E-state index is 12.2. The van der Waals surface area contributed by atoms with E-state index in [1.807, 2.05) is 0 Å². The molecule has 12 rings (SSSR count). The van der Waals surface area contributed by atoms with Crippen molar-refractivity contribution in [3.8, 4) is 0 Å². The molecule has 0 aromatic rings. The van der Waals surface area contributed by atoms with Crippen LogP contribution in [0.25, 0.3) is 0 Å². The van der Waals surface area contributed by atoms with Gasteiger partial charge in [-0.25, -0.2) is 0 Å². The Morgan fingerprint density at radius 1 is 0.491 bits per heavy atom. The van der Waals surface area contributed by atoms with Gasteiger partial charge in [-0.15, -0.1) is 0 Å². The van der Waals surface area contributed by atoms with E-state index >= 15 is 0 Å². The Balaban J connectivity index is 0.000000127. The smallest absolute Gasteiger partial charge is 0.311 e. The minimum absolute atomic E-state index is 0.0317. The van der Waals surface area contributed by atoms with E-state index in [2.05, 4.69) is 0 Å². The number of carbonyl (C=O) groups is 6. The number of rotatable bonds is 7. The molecule has 0 aromatic carbocycles. The van der Waals surface area contributed by atoms with E-state index in [9.17, 15) is 28.8 Å². The Morgan fingerprint density at radius 2 is 0.945 bits per heavy atom. The quantitative estimate of drug-likeness (QED) is 0.211. The van der Waals surface area contributed by atoms with Crippen LogP contribution in [0, 0.1) is 63.1 Å². The van der Waals surface area contributed by atoms with Crippen LogP contribution in [0.15, 0.2) is 0 Å². The summed E-state index contributed by atoms with van der Waals surface area (Å²) in [7, 11) is 4.42. The van der Waals surface area contributed by atoms with E-state index < -0.39 is 0 Å². The molecule has 0 saturated heterocycles. The first kappa shape index (κ1) is 40.0. The van der Waals surface area contributed by atoms with Crippen LogP contribution >= 0.6 is 0 Å². The lowest BCUT2D eigenvalue weighted by Crippen LogP contribution is -2.59. The molecule has 12 fully saturated rings. The van der Waals surface area contributed by atoms with Crippen molar-refractivity contribution in [3.05, 3.63) is 0 Å². The zero-order valence-corrected chi connectivity index (χ0v) is 33.7. The van der Waals surface area contributed by atoms with E-state index in [-0.39, 0.29) is 69.2 Å². The first-order valence-electron chi connectivity index (χ1n) is 20.7. The molecule has 12 saturated carbocycles. The monoisotopic (exact) mass is 770 g/mol. The lowest BCUT2D eigenvalue weighted by atomic mass is 9.44. The van der Waals surface area contributed by atoms with E-state index in [1.54, 1.807) is 0 Å². The highest BCUT2D eigenvalue weighted by Gasteiger charge is 2.64. The lowest BCUT2D eigenvalue weighted by molar-refractivity contribution is -0.210. The predicted molar refractivity (Wildman–Crippen MR) is 195 cm³/mol. The molecule has 12 nitrogen and oxygen atoms in total. The second kappa shape index (κ2) is 14.6. The molecule has 6 atom stereocenters. The molecule has 0 heterocycles. The van der Waals surface area contributed by atoms with Gasteiger partial charge in [-0.05, 0) is 144 Å². The van der Waals surface area contributed by atoms with Crippen LogP contribution in [0.4, 0.5) is 0 Å². The molecule has 12 heteroatoms. The maximum Gasteiger partial charge on any atom is 0.311 e. The fourth-order valence-electron chi connectivity index (χ4n) is 15.2. The van der Waals surface area contributed by atoms with Crippen molar-refractivity contribution in [2.45, 2.75) is 142 Å². The molecule has 306 valence electrons. The van der Waals surface area contributed by atoms with Crippen molar-refractivity contribution in [1.29, 1.82) is 0 Å². The summed E-state index contributed by atoms with van der Waals surface area (Å²) < 4.78 is 31.5. The van der Waals surface area contributed by atoms with Gasteiger partial charge in [-0.1, -0.05) is 0 Å². The summed E-state index contributed by atoms with van der Waals surface area (Å²) in [4.78, 5) is 70.0. The molecule has 0 N–H and O–H groups in total. The van der Waals surface area contributed by atoms with Gasteiger partial charge in [0.25, 0.3) is 0 Å². The van der Waals surface area contributed by atoms with E-state index in [4.69, 9.17) is 28.4 Å². The molecule has 0 radical (unpaired) electrons. The van der Waals surface area contributed by atoms with Crippen molar-refractivity contribution < 1.29 is 57.2 Å². The maximum absolute atomic E-state index is 12.2. The van der Waals surface area contributed by atoms with Crippen molar-refractivity contribution in [2.24, 2.45) is 63.1 Å². The number of esters is 6. The van der Waals surface area contributed by atoms with E-state index in [1.165, 1.54) is 54.9 Å². The average Bonchev–Trinajstić information content (AvgIpc) is 3.09. The number of hydrogen-bond acceptors (Lipinski definition) is 12. The highest BCUT2D eigenvalue weighted by Crippen LogP contribution is 2.66. The van der Waals surface area contributed by atoms with Gasteiger partial charge in [0.1, 0.15) is 11.7 Å². The van der Waals surface area contributed by atoms with Crippen molar-refractivity contribution in [2.75, 3.05) is 27.9 Å². The highest BCUT2D eigenvalue weighted by atomic mass is 16.6. The van der Waals surface area contributed by atoms with Crippen LogP contribution in [-0.4, -0.2) is 75.5 Å². The molecule has 55 heavy (non-hydrogen) atoms. The standard InChI is InChI=1S/C15H22O4.2C14H20O4/c1-10(16)19-9-14-4-11-3-12(5-14)7-15(6-11,8-14)13(17)18-2;1-9(15)18-14-6-10-3-11(7-14)5-13(4-10,8-14)12(16)17-2;1-8(15)18-12-10-3-9-4-11(12)7-14(5-9,6-10)13(16)17-2/h11-12H,3-9H2,1-2H3;10-11H,3-8H2,1-2H3;9-12H,3-7H2,1-2H3. The van der Waals surface area contributed by atoms with Gasteiger partial charge in [-0.2, -0.15) is 0 Å². The summed E-state index contributed by atoms with van der Waals surface area (Å²) in [6, 6.07) is 0. The van der Waals surface area contributed by atoms with Crippen LogP contribution in [0.3, 0.4) is 0 Å². The molecule has 12 aliphatic carbocycles. The Hall–Kier alpha value is -3.18. The van der Waals surface area contributed by atoms with Gasteiger partial charge < -0.3 is 28.4 Å². The molecule has 0 amide bonds. The van der Waals surface area contributed by atoms with Crippen LogP contribution in [-0.2, 0) is 57.2 Å². The highest BCUT2D eigenvalue weighted by molar-refractivity contribution is 5.79. The van der Waals surface area contributed by atoms with Crippen LogP contribution in [0.2, 0.25) is 0 Å². The summed E-state index contributed by atoms with van der Waals surface area (Å²) in [6.45, 7) is 4.87. The van der Waals surface area contributed by atoms with E-state index in [0.29, 0.717) is 54.5 Å². The number of hydrogen-bond donors (Lipinski definition) is 0. The van der Waals surface area contributed by atoms with Crippen LogP contribution < -0.4 is 0 Å². The molecule has 0 aliphatic heterocycles. The largest absolute Gasteiger partial charge is 0.469 e. The Labute approximate surface area is 325 Å². The lowest BCUT2D eigenvalue weighted by Gasteiger charge is -2.60. The number of carbonyl (C=O) groups excluding carboxylic acids is 6. The predicted octanol–water partition coefficient (Wildman–Crippen LogP) is 6.29. The van der Waals surface area contributed by atoms with Gasteiger partial charge in [-0.3, -0.25) is 28.8 Å². The first-order valence-corrected chi connectivity index (χ1v) is 20.7. The van der Waals surface area contributed by atoms with Gasteiger partial charge in [0.05, 0.1) is 44.2 Å². The van der Waals surface area contributed by atoms with Crippen LogP contribution in [0.1, 0.15) is 130 Å². The summed E-state index contributed by atoms with van der Waals surface area (Å²) in [6.07, 6.45) is 16.7. The third-order valence-corrected chi connectivity index (χ3v) is 15.5. The van der Waals surface area contributed by atoms with Gasteiger partial charge >= 0.3 is 35.8 Å². The zero-order valence-electron chi connectivity index (χ0n) is 33.7. The zero-order chi connectivity index (χ0) is 39.6. The third-order valence-electron chi connectivity index (χ3n) is 15.5. The molecule has 0 spiro atoms. The number of methoxy groups -OCH3 is 3. The fourth-order valence-corrected chi connectivity index (χ4v) is 15.2.